The molecule has 2 heterocycles. The van der Waals surface area contributed by atoms with Crippen molar-refractivity contribution in [2.24, 2.45) is 0 Å². The first-order valence-corrected chi connectivity index (χ1v) is 13.9. The lowest BCUT2D eigenvalue weighted by molar-refractivity contribution is -0.163. The molecule has 0 saturated carbocycles. The molecular weight excluding hydrogens is 552 g/mol. The maximum absolute atomic E-state index is 14.2. The standard InChI is InChI=1S/C26H25F6NO3S2/c27-25(28,29)23-17(6-8-22(34)33-11-13-35-14-12-33)5-7-21(24(23)26(30,31)32)38-20-4-2-1-3-19(20)36-18-9-15-37-16-10-18/h1-8,18H,9-16H2/b8-6+. The van der Waals surface area contributed by atoms with E-state index in [1.807, 2.05) is 0 Å². The van der Waals surface area contributed by atoms with Crippen molar-refractivity contribution in [2.45, 2.75) is 41.1 Å². The summed E-state index contributed by atoms with van der Waals surface area (Å²) in [5.41, 5.74) is -4.36. The topological polar surface area (TPSA) is 38.8 Å². The molecule has 0 spiro atoms. The summed E-state index contributed by atoms with van der Waals surface area (Å²) in [6, 6.07) is 8.37. The van der Waals surface area contributed by atoms with Gasteiger partial charge in [0.05, 0.1) is 29.2 Å². The molecule has 0 unspecified atom stereocenters. The molecule has 2 fully saturated rings. The number of carbonyl (C=O) groups excluding carboxylic acids is 1. The first-order chi connectivity index (χ1) is 18.0. The van der Waals surface area contributed by atoms with Crippen molar-refractivity contribution in [2.75, 3.05) is 37.8 Å². The first kappa shape index (κ1) is 28.7. The Kier molecular flexibility index (Phi) is 9.25. The third-order valence-electron chi connectivity index (χ3n) is 6.03. The monoisotopic (exact) mass is 577 g/mol. The van der Waals surface area contributed by atoms with E-state index >= 15 is 0 Å². The summed E-state index contributed by atoms with van der Waals surface area (Å²) in [6.07, 6.45) is -7.51. The summed E-state index contributed by atoms with van der Waals surface area (Å²) in [5, 5.41) is 0. The summed E-state index contributed by atoms with van der Waals surface area (Å²) >= 11 is 2.37. The van der Waals surface area contributed by atoms with Crippen LogP contribution < -0.4 is 4.74 Å². The van der Waals surface area contributed by atoms with Gasteiger partial charge in [-0.1, -0.05) is 30.0 Å². The van der Waals surface area contributed by atoms with E-state index in [-0.39, 0.29) is 37.3 Å². The van der Waals surface area contributed by atoms with Gasteiger partial charge in [0.1, 0.15) is 11.9 Å². The number of alkyl halides is 6. The van der Waals surface area contributed by atoms with Gasteiger partial charge in [-0.3, -0.25) is 4.79 Å². The number of nitrogens with zero attached hydrogens (tertiary/aromatic N) is 1. The van der Waals surface area contributed by atoms with E-state index in [1.165, 1.54) is 11.0 Å². The molecule has 4 nitrogen and oxygen atoms in total. The molecule has 1 amide bonds. The van der Waals surface area contributed by atoms with Crippen LogP contribution in [-0.2, 0) is 21.9 Å². The summed E-state index contributed by atoms with van der Waals surface area (Å²) in [7, 11) is 0. The number of hydrogen-bond donors (Lipinski definition) is 0. The fourth-order valence-electron chi connectivity index (χ4n) is 4.18. The molecule has 0 aromatic heterocycles. The average molecular weight is 578 g/mol. The van der Waals surface area contributed by atoms with Crippen LogP contribution in [0.25, 0.3) is 6.08 Å². The molecule has 0 atom stereocenters. The molecule has 38 heavy (non-hydrogen) atoms. The van der Waals surface area contributed by atoms with Gasteiger partial charge in [-0.05, 0) is 54.2 Å². The van der Waals surface area contributed by atoms with Gasteiger partial charge >= 0.3 is 12.4 Å². The van der Waals surface area contributed by atoms with Crippen molar-refractivity contribution in [3.05, 3.63) is 59.2 Å². The minimum Gasteiger partial charge on any atom is -0.489 e. The Balaban J connectivity index is 1.70. The SMILES string of the molecule is O=C(/C=C/c1ccc(Sc2ccccc2OC2CCSCC2)c(C(F)(F)F)c1C(F)(F)F)N1CCOCC1. The number of ether oxygens (including phenoxy) is 2. The summed E-state index contributed by atoms with van der Waals surface area (Å²) in [4.78, 5) is 13.4. The van der Waals surface area contributed by atoms with Crippen molar-refractivity contribution >= 4 is 35.5 Å². The number of morpholine rings is 1. The van der Waals surface area contributed by atoms with Crippen LogP contribution in [0.2, 0.25) is 0 Å². The number of benzene rings is 2. The number of halogens is 6. The highest BCUT2D eigenvalue weighted by Gasteiger charge is 2.46. The molecule has 0 N–H and O–H groups in total. The highest BCUT2D eigenvalue weighted by Crippen LogP contribution is 2.49. The molecule has 0 bridgehead atoms. The van der Waals surface area contributed by atoms with Crippen LogP contribution in [0, 0.1) is 0 Å². The Morgan fingerprint density at radius 3 is 2.26 bits per heavy atom. The molecule has 0 aliphatic carbocycles. The van der Waals surface area contributed by atoms with Crippen LogP contribution >= 0.6 is 23.5 Å². The minimum atomic E-state index is -5.32. The zero-order chi connectivity index (χ0) is 27.3. The van der Waals surface area contributed by atoms with Gasteiger partial charge in [-0.15, -0.1) is 0 Å². The fraction of sp³-hybridized carbons (Fsp3) is 0.423. The molecule has 4 rings (SSSR count). The van der Waals surface area contributed by atoms with E-state index in [1.54, 1.807) is 30.0 Å². The molecular formula is C26H25F6NO3S2. The Hall–Kier alpha value is -2.31. The second-order valence-corrected chi connectivity index (χ2v) is 11.0. The van der Waals surface area contributed by atoms with Crippen molar-refractivity contribution in [1.29, 1.82) is 0 Å². The van der Waals surface area contributed by atoms with Gasteiger partial charge in [0.25, 0.3) is 0 Å². The van der Waals surface area contributed by atoms with Gasteiger partial charge in [-0.25, -0.2) is 0 Å². The second-order valence-electron chi connectivity index (χ2n) is 8.65. The number of amides is 1. The number of carbonyl (C=O) groups is 1. The Bertz CT molecular complexity index is 1160. The number of para-hydroxylation sites is 1. The van der Waals surface area contributed by atoms with Gasteiger partial charge in [-0.2, -0.15) is 38.1 Å². The van der Waals surface area contributed by atoms with Crippen LogP contribution in [0.15, 0.2) is 52.3 Å². The smallest absolute Gasteiger partial charge is 0.418 e. The third-order valence-corrected chi connectivity index (χ3v) is 8.19. The molecule has 2 aliphatic heterocycles. The molecule has 12 heteroatoms. The number of thioether (sulfide) groups is 1. The third kappa shape index (κ3) is 7.20. The molecule has 2 aromatic carbocycles. The van der Waals surface area contributed by atoms with Gasteiger partial charge in [0.2, 0.25) is 5.91 Å². The lowest BCUT2D eigenvalue weighted by Crippen LogP contribution is -2.39. The maximum Gasteiger partial charge on any atom is 0.418 e. The summed E-state index contributed by atoms with van der Waals surface area (Å²) in [6.45, 7) is 1.06. The van der Waals surface area contributed by atoms with Crippen molar-refractivity contribution in [1.82, 2.24) is 4.90 Å². The predicted molar refractivity (Wildman–Crippen MR) is 134 cm³/mol. The first-order valence-electron chi connectivity index (χ1n) is 11.9. The number of rotatable bonds is 6. The van der Waals surface area contributed by atoms with Gasteiger partial charge < -0.3 is 14.4 Å². The minimum absolute atomic E-state index is 0.109. The zero-order valence-corrected chi connectivity index (χ0v) is 21.7. The summed E-state index contributed by atoms with van der Waals surface area (Å²) in [5.74, 6) is 1.53. The van der Waals surface area contributed by atoms with Crippen molar-refractivity contribution in [3.63, 3.8) is 0 Å². The Morgan fingerprint density at radius 2 is 1.61 bits per heavy atom. The predicted octanol–water partition coefficient (Wildman–Crippen LogP) is 7.02. The van der Waals surface area contributed by atoms with E-state index in [2.05, 4.69) is 0 Å². The molecule has 2 aliphatic rings. The fourth-order valence-corrected chi connectivity index (χ4v) is 6.30. The van der Waals surface area contributed by atoms with Crippen LogP contribution in [0.4, 0.5) is 26.3 Å². The highest BCUT2D eigenvalue weighted by atomic mass is 32.2. The zero-order valence-electron chi connectivity index (χ0n) is 20.1. The quantitative estimate of drug-likeness (QED) is 0.273. The van der Waals surface area contributed by atoms with E-state index in [4.69, 9.17) is 9.47 Å². The molecule has 2 aromatic rings. The van der Waals surface area contributed by atoms with Crippen LogP contribution in [0.5, 0.6) is 5.75 Å². The highest BCUT2D eigenvalue weighted by molar-refractivity contribution is 7.99. The van der Waals surface area contributed by atoms with Gasteiger partial charge in [0.15, 0.2) is 0 Å². The Labute approximate surface area is 224 Å². The van der Waals surface area contributed by atoms with Gasteiger partial charge in [0, 0.05) is 24.1 Å². The average Bonchev–Trinajstić information content (AvgIpc) is 2.88. The van der Waals surface area contributed by atoms with E-state index in [0.29, 0.717) is 17.5 Å². The molecule has 206 valence electrons. The van der Waals surface area contributed by atoms with Crippen LogP contribution in [0.1, 0.15) is 29.5 Å². The van der Waals surface area contributed by atoms with E-state index in [0.717, 1.165) is 48.6 Å². The normalized spacial score (nSPS) is 17.7. The maximum atomic E-state index is 14.2. The number of hydrogen-bond acceptors (Lipinski definition) is 5. The Morgan fingerprint density at radius 1 is 0.947 bits per heavy atom. The lowest BCUT2D eigenvalue weighted by Gasteiger charge is -2.26. The second kappa shape index (κ2) is 12.3. The largest absolute Gasteiger partial charge is 0.489 e. The molecule has 2 saturated heterocycles. The summed E-state index contributed by atoms with van der Waals surface area (Å²) < 4.78 is 96.3. The van der Waals surface area contributed by atoms with Crippen LogP contribution in [0.3, 0.4) is 0 Å². The van der Waals surface area contributed by atoms with Crippen molar-refractivity contribution in [3.8, 4) is 5.75 Å². The molecule has 0 radical (unpaired) electrons. The lowest BCUT2D eigenvalue weighted by atomic mass is 9.99. The van der Waals surface area contributed by atoms with E-state index in [9.17, 15) is 31.1 Å². The van der Waals surface area contributed by atoms with Crippen LogP contribution in [-0.4, -0.2) is 54.7 Å². The van der Waals surface area contributed by atoms with Crippen molar-refractivity contribution < 1.29 is 40.6 Å². The van der Waals surface area contributed by atoms with E-state index < -0.39 is 39.8 Å².